The van der Waals surface area contributed by atoms with Crippen molar-refractivity contribution in [1.82, 2.24) is 10.0 Å². The molecular formula is C13H18N2O5S. The van der Waals surface area contributed by atoms with Crippen molar-refractivity contribution >= 4 is 21.9 Å². The van der Waals surface area contributed by atoms with Gasteiger partial charge in [-0.1, -0.05) is 6.07 Å². The van der Waals surface area contributed by atoms with Crippen LogP contribution in [0.1, 0.15) is 27.9 Å². The Kier molecular flexibility index (Phi) is 5.45. The molecule has 21 heavy (non-hydrogen) atoms. The molecule has 0 atom stereocenters. The van der Waals surface area contributed by atoms with Gasteiger partial charge in [-0.3, -0.25) is 4.79 Å². The second-order valence-corrected chi connectivity index (χ2v) is 6.29. The number of amides is 1. The SMILES string of the molecule is CNC(=O)CCNS(=O)(=O)c1cc(C(=O)O)c(C)cc1C. The number of aryl methyl sites for hydroxylation is 2. The van der Waals surface area contributed by atoms with E-state index in [9.17, 15) is 18.0 Å². The minimum atomic E-state index is -3.86. The first kappa shape index (κ1) is 17.1. The Morgan fingerprint density at radius 3 is 2.33 bits per heavy atom. The van der Waals surface area contributed by atoms with Crippen LogP contribution in [0.15, 0.2) is 17.0 Å². The third kappa shape index (κ3) is 4.27. The molecule has 0 fully saturated rings. The van der Waals surface area contributed by atoms with Gasteiger partial charge in [-0.2, -0.15) is 0 Å². The molecule has 1 aromatic rings. The molecule has 0 heterocycles. The van der Waals surface area contributed by atoms with E-state index >= 15 is 0 Å². The van der Waals surface area contributed by atoms with Crippen LogP contribution in [0, 0.1) is 13.8 Å². The van der Waals surface area contributed by atoms with Crippen molar-refractivity contribution in [1.29, 1.82) is 0 Å². The lowest BCUT2D eigenvalue weighted by Gasteiger charge is -2.11. The summed E-state index contributed by atoms with van der Waals surface area (Å²) in [4.78, 5) is 22.1. The zero-order valence-corrected chi connectivity index (χ0v) is 12.9. The Morgan fingerprint density at radius 1 is 1.19 bits per heavy atom. The Labute approximate surface area is 123 Å². The smallest absolute Gasteiger partial charge is 0.335 e. The number of hydrogen-bond acceptors (Lipinski definition) is 4. The lowest BCUT2D eigenvalue weighted by atomic mass is 10.1. The van der Waals surface area contributed by atoms with Gasteiger partial charge in [-0.05, 0) is 31.0 Å². The highest BCUT2D eigenvalue weighted by atomic mass is 32.2. The average Bonchev–Trinajstić information content (AvgIpc) is 2.37. The molecule has 0 saturated heterocycles. The topological polar surface area (TPSA) is 113 Å². The zero-order chi connectivity index (χ0) is 16.2. The number of carboxylic acids is 1. The van der Waals surface area contributed by atoms with Gasteiger partial charge in [0.1, 0.15) is 0 Å². The molecule has 1 rings (SSSR count). The van der Waals surface area contributed by atoms with Gasteiger partial charge in [0.2, 0.25) is 15.9 Å². The summed E-state index contributed by atoms with van der Waals surface area (Å²) in [5.41, 5.74) is 0.876. The summed E-state index contributed by atoms with van der Waals surface area (Å²) in [6, 6.07) is 2.64. The van der Waals surface area contributed by atoms with Crippen molar-refractivity contribution in [2.75, 3.05) is 13.6 Å². The summed E-state index contributed by atoms with van der Waals surface area (Å²) in [5.74, 6) is -1.47. The van der Waals surface area contributed by atoms with E-state index < -0.39 is 16.0 Å². The molecule has 3 N–H and O–H groups in total. The van der Waals surface area contributed by atoms with Gasteiger partial charge in [0, 0.05) is 20.0 Å². The number of rotatable bonds is 6. The van der Waals surface area contributed by atoms with Crippen LogP contribution >= 0.6 is 0 Å². The van der Waals surface area contributed by atoms with E-state index in [4.69, 9.17) is 5.11 Å². The fourth-order valence-electron chi connectivity index (χ4n) is 1.85. The van der Waals surface area contributed by atoms with E-state index in [1.54, 1.807) is 13.8 Å². The first-order chi connectivity index (χ1) is 9.69. The molecule has 1 amide bonds. The van der Waals surface area contributed by atoms with E-state index in [2.05, 4.69) is 10.0 Å². The van der Waals surface area contributed by atoms with Crippen molar-refractivity contribution in [3.8, 4) is 0 Å². The molecule has 0 aliphatic carbocycles. The van der Waals surface area contributed by atoms with Crippen LogP contribution in [0.25, 0.3) is 0 Å². The molecule has 116 valence electrons. The summed E-state index contributed by atoms with van der Waals surface area (Å²) in [7, 11) is -2.40. The van der Waals surface area contributed by atoms with Gasteiger partial charge >= 0.3 is 5.97 Å². The van der Waals surface area contributed by atoms with Crippen LogP contribution < -0.4 is 10.0 Å². The molecule has 1 aromatic carbocycles. The molecular weight excluding hydrogens is 296 g/mol. The Morgan fingerprint density at radius 2 is 1.81 bits per heavy atom. The zero-order valence-electron chi connectivity index (χ0n) is 12.1. The molecule has 0 aliphatic heterocycles. The number of benzene rings is 1. The molecule has 0 saturated carbocycles. The largest absolute Gasteiger partial charge is 0.478 e. The first-order valence-corrected chi connectivity index (χ1v) is 7.72. The highest BCUT2D eigenvalue weighted by Gasteiger charge is 2.20. The van der Waals surface area contributed by atoms with Crippen LogP contribution in [0.4, 0.5) is 0 Å². The Hall–Kier alpha value is -1.93. The third-order valence-electron chi connectivity index (χ3n) is 2.96. The highest BCUT2D eigenvalue weighted by molar-refractivity contribution is 7.89. The summed E-state index contributed by atoms with van der Waals surface area (Å²) in [6.07, 6.45) is 0.00638. The molecule has 8 heteroatoms. The minimum absolute atomic E-state index is 0.00638. The molecule has 7 nitrogen and oxygen atoms in total. The van der Waals surface area contributed by atoms with E-state index in [-0.39, 0.29) is 29.3 Å². The van der Waals surface area contributed by atoms with Crippen molar-refractivity contribution in [2.24, 2.45) is 0 Å². The van der Waals surface area contributed by atoms with Gasteiger partial charge in [0.05, 0.1) is 10.5 Å². The maximum Gasteiger partial charge on any atom is 0.335 e. The number of carboxylic acid groups (broad SMARTS) is 1. The van der Waals surface area contributed by atoms with E-state index in [0.717, 1.165) is 6.07 Å². The van der Waals surface area contributed by atoms with Gasteiger partial charge in [-0.15, -0.1) is 0 Å². The van der Waals surface area contributed by atoms with Crippen molar-refractivity contribution in [3.63, 3.8) is 0 Å². The van der Waals surface area contributed by atoms with Crippen LogP contribution in [0.5, 0.6) is 0 Å². The molecule has 0 bridgehead atoms. The quantitative estimate of drug-likeness (QED) is 0.704. The standard InChI is InChI=1S/C13H18N2O5S/c1-8-6-9(2)11(7-10(8)13(17)18)21(19,20)15-5-4-12(16)14-3/h6-7,15H,4-5H2,1-3H3,(H,14,16)(H,17,18). The van der Waals surface area contributed by atoms with Gasteiger partial charge in [-0.25, -0.2) is 17.9 Å². The van der Waals surface area contributed by atoms with Crippen LogP contribution in [-0.2, 0) is 14.8 Å². The fourth-order valence-corrected chi connectivity index (χ4v) is 3.14. The summed E-state index contributed by atoms with van der Waals surface area (Å²) in [5, 5.41) is 11.4. The number of aromatic carboxylic acids is 1. The van der Waals surface area contributed by atoms with Crippen LogP contribution in [0.3, 0.4) is 0 Å². The van der Waals surface area contributed by atoms with Crippen molar-refractivity contribution in [3.05, 3.63) is 28.8 Å². The van der Waals surface area contributed by atoms with Crippen molar-refractivity contribution in [2.45, 2.75) is 25.2 Å². The average molecular weight is 314 g/mol. The van der Waals surface area contributed by atoms with E-state index in [0.29, 0.717) is 11.1 Å². The molecule has 0 spiro atoms. The molecule has 0 aliphatic rings. The monoisotopic (exact) mass is 314 g/mol. The maximum atomic E-state index is 12.2. The number of carbonyl (C=O) groups excluding carboxylic acids is 1. The second-order valence-electron chi connectivity index (χ2n) is 4.56. The van der Waals surface area contributed by atoms with Gasteiger partial charge in [0.25, 0.3) is 0 Å². The maximum absolute atomic E-state index is 12.2. The number of nitrogens with one attached hydrogen (secondary N) is 2. The summed E-state index contributed by atoms with van der Waals surface area (Å²) in [6.45, 7) is 3.13. The van der Waals surface area contributed by atoms with Crippen LogP contribution in [-0.4, -0.2) is 39.0 Å². The fraction of sp³-hybridized carbons (Fsp3) is 0.385. The minimum Gasteiger partial charge on any atom is -0.478 e. The number of sulfonamides is 1. The number of hydrogen-bond donors (Lipinski definition) is 3. The van der Waals surface area contributed by atoms with E-state index in [1.807, 2.05) is 0 Å². The third-order valence-corrected chi connectivity index (χ3v) is 4.57. The lowest BCUT2D eigenvalue weighted by Crippen LogP contribution is -2.29. The first-order valence-electron chi connectivity index (χ1n) is 6.24. The molecule has 0 radical (unpaired) electrons. The van der Waals surface area contributed by atoms with Crippen molar-refractivity contribution < 1.29 is 23.1 Å². The van der Waals surface area contributed by atoms with Gasteiger partial charge < -0.3 is 10.4 Å². The predicted molar refractivity (Wildman–Crippen MR) is 76.7 cm³/mol. The Bertz CT molecular complexity index is 667. The molecule has 0 aromatic heterocycles. The van der Waals surface area contributed by atoms with E-state index in [1.165, 1.54) is 13.1 Å². The molecule has 0 unspecified atom stereocenters. The summed E-state index contributed by atoms with van der Waals surface area (Å²) >= 11 is 0. The predicted octanol–water partition coefficient (Wildman–Crippen LogP) is 0.416. The normalized spacial score (nSPS) is 11.2. The Balaban J connectivity index is 3.05. The second kappa shape index (κ2) is 6.68. The number of carbonyl (C=O) groups is 2. The lowest BCUT2D eigenvalue weighted by molar-refractivity contribution is -0.120. The van der Waals surface area contributed by atoms with Crippen LogP contribution in [0.2, 0.25) is 0 Å². The summed E-state index contributed by atoms with van der Waals surface area (Å²) < 4.78 is 26.6. The van der Waals surface area contributed by atoms with Gasteiger partial charge in [0.15, 0.2) is 0 Å². The highest BCUT2D eigenvalue weighted by Crippen LogP contribution is 2.20.